The van der Waals surface area contributed by atoms with E-state index in [0.29, 0.717) is 6.07 Å². The van der Waals surface area contributed by atoms with Crippen molar-refractivity contribution in [1.29, 1.82) is 5.26 Å². The van der Waals surface area contributed by atoms with Crippen LogP contribution < -0.4 is 0 Å². The number of nitriles is 1. The highest BCUT2D eigenvalue weighted by molar-refractivity contribution is 8.00. The third-order valence-electron chi connectivity index (χ3n) is 3.04. The molecule has 0 unspecified atom stereocenters. The van der Waals surface area contributed by atoms with Crippen LogP contribution >= 0.6 is 35.0 Å². The Labute approximate surface area is 156 Å². The molecule has 0 saturated heterocycles. The Morgan fingerprint density at radius 2 is 1.85 bits per heavy atom. The van der Waals surface area contributed by atoms with Crippen LogP contribution in [0.2, 0.25) is 10.0 Å². The molecule has 1 N–H and O–H groups in total. The van der Waals surface area contributed by atoms with Crippen LogP contribution in [0.4, 0.5) is 26.3 Å². The molecule has 2 aromatic rings. The molecular formula is C14H5Cl2F6N3S. The number of H-pyrrole nitrogens is 1. The standard InChI is InChI=1S/C14H5Cl2F6N3S/c1-2-8-12(26-14(20,21)22)11(25-24-8)9-7(15)3-6(13(17,18)19)5(4-23)10(9)16/h2-3H,1H2,(H,24,25). The molecule has 0 aliphatic rings. The van der Waals surface area contributed by atoms with E-state index in [4.69, 9.17) is 28.5 Å². The minimum Gasteiger partial charge on any atom is -0.277 e. The molecule has 12 heteroatoms. The van der Waals surface area contributed by atoms with Crippen LogP contribution in [-0.4, -0.2) is 15.7 Å². The Morgan fingerprint density at radius 1 is 1.23 bits per heavy atom. The van der Waals surface area contributed by atoms with Gasteiger partial charge < -0.3 is 0 Å². The van der Waals surface area contributed by atoms with Gasteiger partial charge in [0.05, 0.1) is 31.8 Å². The molecule has 26 heavy (non-hydrogen) atoms. The van der Waals surface area contributed by atoms with Crippen molar-refractivity contribution < 1.29 is 26.3 Å². The largest absolute Gasteiger partial charge is 0.446 e. The van der Waals surface area contributed by atoms with Gasteiger partial charge in [-0.15, -0.1) is 0 Å². The van der Waals surface area contributed by atoms with E-state index >= 15 is 0 Å². The topological polar surface area (TPSA) is 52.5 Å². The lowest BCUT2D eigenvalue weighted by Gasteiger charge is -2.15. The molecular weight excluding hydrogens is 427 g/mol. The summed E-state index contributed by atoms with van der Waals surface area (Å²) >= 11 is 11.1. The molecule has 1 heterocycles. The molecule has 138 valence electrons. The lowest BCUT2D eigenvalue weighted by molar-refractivity contribution is -0.137. The van der Waals surface area contributed by atoms with Gasteiger partial charge >= 0.3 is 11.7 Å². The summed E-state index contributed by atoms with van der Waals surface area (Å²) in [4.78, 5) is -0.486. The SMILES string of the molecule is C=Cc1[nH]nc(-c2c(Cl)cc(C(F)(F)F)c(C#N)c2Cl)c1SC(F)(F)F. The molecule has 2 rings (SSSR count). The fourth-order valence-electron chi connectivity index (χ4n) is 2.04. The van der Waals surface area contributed by atoms with Gasteiger partial charge in [-0.2, -0.15) is 36.7 Å². The molecule has 3 nitrogen and oxygen atoms in total. The molecule has 0 bridgehead atoms. The Bertz CT molecular complexity index is 911. The number of alkyl halides is 6. The average Bonchev–Trinajstić information content (AvgIpc) is 2.86. The van der Waals surface area contributed by atoms with Crippen molar-refractivity contribution in [3.63, 3.8) is 0 Å². The minimum absolute atomic E-state index is 0.132. The summed E-state index contributed by atoms with van der Waals surface area (Å²) in [6, 6.07) is 1.72. The highest BCUT2D eigenvalue weighted by Crippen LogP contribution is 2.48. The molecule has 1 aromatic carbocycles. The van der Waals surface area contributed by atoms with Crippen molar-refractivity contribution in [2.75, 3.05) is 0 Å². The molecule has 0 spiro atoms. The molecule has 0 radical (unpaired) electrons. The first-order valence-corrected chi connectivity index (χ1v) is 7.94. The number of hydrogen-bond donors (Lipinski definition) is 1. The van der Waals surface area contributed by atoms with E-state index in [1.807, 2.05) is 0 Å². The van der Waals surface area contributed by atoms with Crippen molar-refractivity contribution in [3.8, 4) is 17.3 Å². The fourth-order valence-corrected chi connectivity index (χ4v) is 3.43. The van der Waals surface area contributed by atoms with Crippen LogP contribution in [0.25, 0.3) is 17.3 Å². The predicted octanol–water partition coefficient (Wildman–Crippen LogP) is 6.53. The zero-order valence-electron chi connectivity index (χ0n) is 12.2. The van der Waals surface area contributed by atoms with Gasteiger partial charge in [0.25, 0.3) is 0 Å². The number of nitrogens with zero attached hydrogens (tertiary/aromatic N) is 2. The van der Waals surface area contributed by atoms with Crippen molar-refractivity contribution in [2.45, 2.75) is 16.6 Å². The second-order valence-corrected chi connectivity index (χ2v) is 6.51. The summed E-state index contributed by atoms with van der Waals surface area (Å²) in [7, 11) is 0. The first kappa shape index (κ1) is 20.5. The van der Waals surface area contributed by atoms with Crippen LogP contribution in [-0.2, 0) is 6.18 Å². The van der Waals surface area contributed by atoms with Crippen molar-refractivity contribution in [3.05, 3.63) is 39.5 Å². The summed E-state index contributed by atoms with van der Waals surface area (Å²) in [5, 5.41) is 13.6. The van der Waals surface area contributed by atoms with Gasteiger partial charge in [0.15, 0.2) is 0 Å². The Morgan fingerprint density at radius 3 is 2.31 bits per heavy atom. The van der Waals surface area contributed by atoms with E-state index in [2.05, 4.69) is 16.8 Å². The first-order valence-electron chi connectivity index (χ1n) is 6.37. The van der Waals surface area contributed by atoms with E-state index in [-0.39, 0.29) is 5.69 Å². The Balaban J connectivity index is 2.81. The van der Waals surface area contributed by atoms with Gasteiger partial charge in [-0.05, 0) is 23.9 Å². The smallest absolute Gasteiger partial charge is 0.277 e. The van der Waals surface area contributed by atoms with Crippen molar-refractivity contribution in [2.24, 2.45) is 0 Å². The van der Waals surface area contributed by atoms with Gasteiger partial charge in [0.2, 0.25) is 0 Å². The number of nitrogens with one attached hydrogen (secondary N) is 1. The average molecular weight is 432 g/mol. The van der Waals surface area contributed by atoms with Gasteiger partial charge in [-0.25, -0.2) is 0 Å². The lowest BCUT2D eigenvalue weighted by Crippen LogP contribution is -2.09. The van der Waals surface area contributed by atoms with E-state index in [9.17, 15) is 26.3 Å². The number of halogens is 8. The first-order chi connectivity index (χ1) is 11.9. The molecule has 0 fully saturated rings. The maximum absolute atomic E-state index is 13.0. The summed E-state index contributed by atoms with van der Waals surface area (Å²) in [6.07, 6.45) is -3.89. The molecule has 1 aromatic heterocycles. The van der Waals surface area contributed by atoms with Crippen molar-refractivity contribution in [1.82, 2.24) is 10.2 Å². The Kier molecular flexibility index (Phi) is 5.56. The van der Waals surface area contributed by atoms with Crippen LogP contribution in [0.15, 0.2) is 17.5 Å². The molecule has 0 amide bonds. The number of hydrogen-bond acceptors (Lipinski definition) is 3. The summed E-state index contributed by atoms with van der Waals surface area (Å²) in [6.45, 7) is 3.33. The van der Waals surface area contributed by atoms with Gasteiger partial charge in [-0.3, -0.25) is 5.10 Å². The number of rotatable bonds is 3. The predicted molar refractivity (Wildman–Crippen MR) is 85.8 cm³/mol. The molecule has 0 aliphatic carbocycles. The number of benzene rings is 1. The fraction of sp³-hybridized carbons (Fsp3) is 0.143. The lowest BCUT2D eigenvalue weighted by atomic mass is 10.0. The molecule has 0 saturated carbocycles. The maximum atomic E-state index is 13.0. The normalized spacial score (nSPS) is 12.1. The number of aromatic amines is 1. The number of aromatic nitrogens is 2. The molecule has 0 aliphatic heterocycles. The minimum atomic E-state index is -4.93. The zero-order chi connectivity index (χ0) is 19.9. The monoisotopic (exact) mass is 431 g/mol. The second kappa shape index (κ2) is 7.06. The zero-order valence-corrected chi connectivity index (χ0v) is 14.5. The van der Waals surface area contributed by atoms with Gasteiger partial charge in [0, 0.05) is 5.56 Å². The number of thioether (sulfide) groups is 1. The van der Waals surface area contributed by atoms with Gasteiger partial charge in [-0.1, -0.05) is 29.8 Å². The van der Waals surface area contributed by atoms with Crippen LogP contribution in [0, 0.1) is 11.3 Å². The van der Waals surface area contributed by atoms with Crippen LogP contribution in [0.3, 0.4) is 0 Å². The van der Waals surface area contributed by atoms with E-state index in [1.54, 1.807) is 0 Å². The third-order valence-corrected chi connectivity index (χ3v) is 4.57. The quantitative estimate of drug-likeness (QED) is 0.443. The van der Waals surface area contributed by atoms with E-state index in [0.717, 1.165) is 6.08 Å². The van der Waals surface area contributed by atoms with Crippen LogP contribution in [0.5, 0.6) is 0 Å². The highest BCUT2D eigenvalue weighted by Gasteiger charge is 2.38. The molecule has 0 atom stereocenters. The second-order valence-electron chi connectivity index (χ2n) is 4.65. The van der Waals surface area contributed by atoms with E-state index < -0.39 is 60.8 Å². The third kappa shape index (κ3) is 3.95. The Hall–Kier alpha value is -1.83. The van der Waals surface area contributed by atoms with Gasteiger partial charge in [0.1, 0.15) is 11.8 Å². The summed E-state index contributed by atoms with van der Waals surface area (Å²) in [5.41, 5.74) is -8.09. The van der Waals surface area contributed by atoms with Crippen LogP contribution in [0.1, 0.15) is 16.8 Å². The highest BCUT2D eigenvalue weighted by atomic mass is 35.5. The summed E-state index contributed by atoms with van der Waals surface area (Å²) < 4.78 is 77.6. The summed E-state index contributed by atoms with van der Waals surface area (Å²) in [5.74, 6) is 0. The van der Waals surface area contributed by atoms with E-state index in [1.165, 1.54) is 6.07 Å². The van der Waals surface area contributed by atoms with Crippen molar-refractivity contribution >= 4 is 41.0 Å². The maximum Gasteiger partial charge on any atom is 0.446 e.